The van der Waals surface area contributed by atoms with Gasteiger partial charge in [-0.15, -0.1) is 0 Å². The maximum absolute atomic E-state index is 9.01. The Kier molecular flexibility index (Phi) is 4.09. The third-order valence-electron chi connectivity index (χ3n) is 2.08. The second-order valence-corrected chi connectivity index (χ2v) is 4.18. The number of aromatic nitrogens is 1. The second-order valence-electron chi connectivity index (χ2n) is 4.18. The predicted molar refractivity (Wildman–Crippen MR) is 60.0 cm³/mol. The number of hydrogen-bond donors (Lipinski definition) is 1. The van der Waals surface area contributed by atoms with Crippen LogP contribution in [0.3, 0.4) is 0 Å². The molecule has 0 radical (unpaired) electrons. The highest BCUT2D eigenvalue weighted by Crippen LogP contribution is 2.25. The first-order valence-electron chi connectivity index (χ1n) is 5.32. The molecule has 1 N–H and O–H groups in total. The Bertz CT molecular complexity index is 321. The van der Waals surface area contributed by atoms with Crippen LogP contribution in [-0.4, -0.2) is 16.2 Å². The van der Waals surface area contributed by atoms with Crippen LogP contribution in [0, 0.1) is 0 Å². The van der Waals surface area contributed by atoms with E-state index in [9.17, 15) is 0 Å². The summed E-state index contributed by atoms with van der Waals surface area (Å²) in [6, 6.07) is 3.81. The SMILES string of the molecule is CC(C)Oc1nc(CO)ccc1C(C)C. The molecule has 0 fully saturated rings. The second kappa shape index (κ2) is 5.12. The molecule has 0 aromatic carbocycles. The average molecular weight is 209 g/mol. The van der Waals surface area contributed by atoms with Gasteiger partial charge in [0.25, 0.3) is 0 Å². The molecule has 0 saturated carbocycles. The maximum Gasteiger partial charge on any atom is 0.217 e. The van der Waals surface area contributed by atoms with E-state index in [2.05, 4.69) is 18.8 Å². The van der Waals surface area contributed by atoms with Crippen molar-refractivity contribution in [1.82, 2.24) is 4.98 Å². The lowest BCUT2D eigenvalue weighted by Crippen LogP contribution is -2.10. The summed E-state index contributed by atoms with van der Waals surface area (Å²) in [6.45, 7) is 8.09. The minimum absolute atomic E-state index is 0.0488. The Morgan fingerprint density at radius 3 is 2.40 bits per heavy atom. The zero-order valence-electron chi connectivity index (χ0n) is 9.82. The monoisotopic (exact) mass is 209 g/mol. The van der Waals surface area contributed by atoms with Crippen LogP contribution in [0.25, 0.3) is 0 Å². The zero-order chi connectivity index (χ0) is 11.4. The number of nitrogens with zero attached hydrogens (tertiary/aromatic N) is 1. The highest BCUT2D eigenvalue weighted by molar-refractivity contribution is 5.31. The van der Waals surface area contributed by atoms with Gasteiger partial charge in [0.1, 0.15) is 0 Å². The number of rotatable bonds is 4. The van der Waals surface area contributed by atoms with Gasteiger partial charge in [0.2, 0.25) is 5.88 Å². The van der Waals surface area contributed by atoms with Gasteiger partial charge in [0, 0.05) is 5.56 Å². The average Bonchev–Trinajstić information content (AvgIpc) is 2.16. The maximum atomic E-state index is 9.01. The van der Waals surface area contributed by atoms with E-state index >= 15 is 0 Å². The fraction of sp³-hybridized carbons (Fsp3) is 0.583. The molecule has 0 amide bonds. The van der Waals surface area contributed by atoms with Gasteiger partial charge in [-0.3, -0.25) is 0 Å². The molecule has 1 aromatic heterocycles. The molecule has 0 spiro atoms. The van der Waals surface area contributed by atoms with E-state index in [0.717, 1.165) is 5.56 Å². The van der Waals surface area contributed by atoms with Crippen molar-refractivity contribution in [1.29, 1.82) is 0 Å². The summed E-state index contributed by atoms with van der Waals surface area (Å²) in [4.78, 5) is 4.28. The Balaban J connectivity index is 3.05. The molecular weight excluding hydrogens is 190 g/mol. The Labute approximate surface area is 91.1 Å². The standard InChI is InChI=1S/C12H19NO2/c1-8(2)11-6-5-10(7-14)13-12(11)15-9(3)4/h5-6,8-9,14H,7H2,1-4H3. The molecule has 1 rings (SSSR count). The van der Waals surface area contributed by atoms with Crippen LogP contribution in [0.2, 0.25) is 0 Å². The summed E-state index contributed by atoms with van der Waals surface area (Å²) in [5.41, 5.74) is 1.73. The quantitative estimate of drug-likeness (QED) is 0.828. The van der Waals surface area contributed by atoms with Gasteiger partial charge in [0.05, 0.1) is 18.4 Å². The summed E-state index contributed by atoms with van der Waals surface area (Å²) < 4.78 is 5.63. The highest BCUT2D eigenvalue weighted by atomic mass is 16.5. The molecule has 84 valence electrons. The van der Waals surface area contributed by atoms with Crippen molar-refractivity contribution in [3.05, 3.63) is 23.4 Å². The summed E-state index contributed by atoms with van der Waals surface area (Å²) in [5, 5.41) is 9.01. The van der Waals surface area contributed by atoms with Crippen molar-refractivity contribution in [2.24, 2.45) is 0 Å². The van der Waals surface area contributed by atoms with Crippen molar-refractivity contribution in [2.45, 2.75) is 46.3 Å². The summed E-state index contributed by atoms with van der Waals surface area (Å²) in [7, 11) is 0. The van der Waals surface area contributed by atoms with Crippen molar-refractivity contribution < 1.29 is 9.84 Å². The third kappa shape index (κ3) is 3.20. The zero-order valence-corrected chi connectivity index (χ0v) is 9.82. The first-order valence-corrected chi connectivity index (χ1v) is 5.32. The van der Waals surface area contributed by atoms with E-state index in [1.165, 1.54) is 0 Å². The van der Waals surface area contributed by atoms with Crippen LogP contribution in [-0.2, 0) is 6.61 Å². The normalized spacial score (nSPS) is 11.1. The Morgan fingerprint density at radius 2 is 1.93 bits per heavy atom. The van der Waals surface area contributed by atoms with Crippen LogP contribution in [0.4, 0.5) is 0 Å². The van der Waals surface area contributed by atoms with Gasteiger partial charge in [-0.1, -0.05) is 19.9 Å². The molecule has 1 aromatic rings. The van der Waals surface area contributed by atoms with E-state index in [1.54, 1.807) is 0 Å². The fourth-order valence-corrected chi connectivity index (χ4v) is 1.33. The molecule has 0 unspecified atom stereocenters. The molecule has 1 heterocycles. The van der Waals surface area contributed by atoms with Gasteiger partial charge >= 0.3 is 0 Å². The lowest BCUT2D eigenvalue weighted by Gasteiger charge is -2.15. The Morgan fingerprint density at radius 1 is 1.27 bits per heavy atom. The summed E-state index contributed by atoms with van der Waals surface area (Å²) in [5.74, 6) is 1.02. The number of ether oxygens (including phenoxy) is 1. The molecule has 3 nitrogen and oxygen atoms in total. The number of hydrogen-bond acceptors (Lipinski definition) is 3. The van der Waals surface area contributed by atoms with Crippen LogP contribution in [0.15, 0.2) is 12.1 Å². The number of aliphatic hydroxyl groups excluding tert-OH is 1. The molecule has 0 bridgehead atoms. The predicted octanol–water partition coefficient (Wildman–Crippen LogP) is 2.48. The smallest absolute Gasteiger partial charge is 0.217 e. The van der Waals surface area contributed by atoms with Gasteiger partial charge in [0.15, 0.2) is 0 Å². The lowest BCUT2D eigenvalue weighted by atomic mass is 10.0. The van der Waals surface area contributed by atoms with Crippen LogP contribution in [0.1, 0.15) is 44.9 Å². The van der Waals surface area contributed by atoms with Gasteiger partial charge in [-0.2, -0.15) is 0 Å². The van der Waals surface area contributed by atoms with Crippen LogP contribution < -0.4 is 4.74 Å². The topological polar surface area (TPSA) is 42.4 Å². The Hall–Kier alpha value is -1.09. The van der Waals surface area contributed by atoms with E-state index in [0.29, 0.717) is 17.5 Å². The van der Waals surface area contributed by atoms with Crippen LogP contribution >= 0.6 is 0 Å². The third-order valence-corrected chi connectivity index (χ3v) is 2.08. The molecule has 0 saturated heterocycles. The number of aliphatic hydroxyl groups is 1. The summed E-state index contributed by atoms with van der Waals surface area (Å²) in [6.07, 6.45) is 0.101. The van der Waals surface area contributed by atoms with E-state index in [-0.39, 0.29) is 12.7 Å². The molecule has 15 heavy (non-hydrogen) atoms. The first-order chi connectivity index (χ1) is 7.04. The molecule has 0 aliphatic heterocycles. The van der Waals surface area contributed by atoms with Crippen molar-refractivity contribution in [2.75, 3.05) is 0 Å². The minimum Gasteiger partial charge on any atom is -0.475 e. The van der Waals surface area contributed by atoms with Gasteiger partial charge in [-0.25, -0.2) is 4.98 Å². The first kappa shape index (κ1) is 12.0. The lowest BCUT2D eigenvalue weighted by molar-refractivity contribution is 0.224. The van der Waals surface area contributed by atoms with Crippen LogP contribution in [0.5, 0.6) is 5.88 Å². The largest absolute Gasteiger partial charge is 0.475 e. The highest BCUT2D eigenvalue weighted by Gasteiger charge is 2.11. The van der Waals surface area contributed by atoms with Crippen molar-refractivity contribution in [3.63, 3.8) is 0 Å². The number of pyridine rings is 1. The van der Waals surface area contributed by atoms with Crippen molar-refractivity contribution in [3.8, 4) is 5.88 Å². The van der Waals surface area contributed by atoms with Gasteiger partial charge < -0.3 is 9.84 Å². The molecule has 0 aliphatic carbocycles. The van der Waals surface area contributed by atoms with E-state index in [1.807, 2.05) is 26.0 Å². The molecule has 3 heteroatoms. The molecule has 0 aliphatic rings. The molecular formula is C12H19NO2. The molecule has 0 atom stereocenters. The van der Waals surface area contributed by atoms with Gasteiger partial charge in [-0.05, 0) is 25.8 Å². The minimum atomic E-state index is -0.0488. The summed E-state index contributed by atoms with van der Waals surface area (Å²) >= 11 is 0. The fourth-order valence-electron chi connectivity index (χ4n) is 1.33. The van der Waals surface area contributed by atoms with E-state index in [4.69, 9.17) is 9.84 Å². The van der Waals surface area contributed by atoms with Crippen molar-refractivity contribution >= 4 is 0 Å². The van der Waals surface area contributed by atoms with E-state index < -0.39 is 0 Å².